The van der Waals surface area contributed by atoms with Crippen molar-refractivity contribution in [2.75, 3.05) is 19.6 Å². The molecule has 1 aliphatic rings. The largest absolute Gasteiger partial charge is 0.343 e. The first-order valence-electron chi connectivity index (χ1n) is 6.62. The number of amides is 1. The zero-order chi connectivity index (χ0) is 12.0. The van der Waals surface area contributed by atoms with Crippen LogP contribution in [-0.4, -0.2) is 36.5 Å². The van der Waals surface area contributed by atoms with Gasteiger partial charge in [0, 0.05) is 26.1 Å². The lowest BCUT2D eigenvalue weighted by molar-refractivity contribution is -0.130. The van der Waals surface area contributed by atoms with Crippen LogP contribution in [0.1, 0.15) is 46.5 Å². The molecule has 1 N–H and O–H groups in total. The summed E-state index contributed by atoms with van der Waals surface area (Å²) in [5, 5.41) is 3.53. The number of piperidine rings is 1. The monoisotopic (exact) mass is 226 g/mol. The Hall–Kier alpha value is -0.570. The highest BCUT2D eigenvalue weighted by Gasteiger charge is 2.20. The number of likely N-dealkylation sites (tertiary alicyclic amines) is 1. The fourth-order valence-corrected chi connectivity index (χ4v) is 2.21. The van der Waals surface area contributed by atoms with E-state index in [-0.39, 0.29) is 5.91 Å². The molecular weight excluding hydrogens is 200 g/mol. The number of hydrogen-bond donors (Lipinski definition) is 1. The third kappa shape index (κ3) is 4.52. The van der Waals surface area contributed by atoms with Gasteiger partial charge in [-0.1, -0.05) is 6.92 Å². The molecule has 0 saturated carbocycles. The van der Waals surface area contributed by atoms with Crippen LogP contribution in [0, 0.1) is 5.92 Å². The third-order valence-electron chi connectivity index (χ3n) is 3.72. The van der Waals surface area contributed by atoms with Gasteiger partial charge in [-0.3, -0.25) is 4.79 Å². The van der Waals surface area contributed by atoms with E-state index in [9.17, 15) is 4.79 Å². The van der Waals surface area contributed by atoms with E-state index in [1.54, 1.807) is 6.92 Å². The summed E-state index contributed by atoms with van der Waals surface area (Å²) in [5.74, 6) is 1.04. The van der Waals surface area contributed by atoms with Crippen LogP contribution in [0.3, 0.4) is 0 Å². The van der Waals surface area contributed by atoms with Gasteiger partial charge in [-0.15, -0.1) is 0 Å². The van der Waals surface area contributed by atoms with Gasteiger partial charge >= 0.3 is 0 Å². The van der Waals surface area contributed by atoms with Crippen LogP contribution in [0.4, 0.5) is 0 Å². The maximum atomic E-state index is 11.2. The van der Waals surface area contributed by atoms with Crippen LogP contribution in [0.2, 0.25) is 0 Å². The zero-order valence-corrected chi connectivity index (χ0v) is 11.0. The van der Waals surface area contributed by atoms with Gasteiger partial charge in [0.1, 0.15) is 0 Å². The predicted octanol–water partition coefficient (Wildman–Crippen LogP) is 2.02. The molecule has 1 fully saturated rings. The van der Waals surface area contributed by atoms with Gasteiger partial charge in [-0.05, 0) is 45.1 Å². The van der Waals surface area contributed by atoms with Gasteiger partial charge in [0.25, 0.3) is 0 Å². The highest BCUT2D eigenvalue weighted by Crippen LogP contribution is 2.19. The van der Waals surface area contributed by atoms with Crippen molar-refractivity contribution in [2.24, 2.45) is 5.92 Å². The van der Waals surface area contributed by atoms with Crippen molar-refractivity contribution < 1.29 is 4.79 Å². The van der Waals surface area contributed by atoms with E-state index in [0.29, 0.717) is 6.04 Å². The van der Waals surface area contributed by atoms with Crippen molar-refractivity contribution in [3.8, 4) is 0 Å². The second-order valence-corrected chi connectivity index (χ2v) is 5.00. The van der Waals surface area contributed by atoms with E-state index >= 15 is 0 Å². The summed E-state index contributed by atoms with van der Waals surface area (Å²) in [5.41, 5.74) is 0. The Balaban J connectivity index is 2.10. The van der Waals surface area contributed by atoms with E-state index in [1.807, 2.05) is 4.90 Å². The smallest absolute Gasteiger partial charge is 0.219 e. The maximum absolute atomic E-state index is 11.2. The maximum Gasteiger partial charge on any atom is 0.219 e. The minimum Gasteiger partial charge on any atom is -0.343 e. The molecular formula is C13H26N2O. The topological polar surface area (TPSA) is 32.3 Å². The first kappa shape index (κ1) is 13.5. The molecule has 3 nitrogen and oxygen atoms in total. The van der Waals surface area contributed by atoms with Crippen LogP contribution in [-0.2, 0) is 4.79 Å². The summed E-state index contributed by atoms with van der Waals surface area (Å²) < 4.78 is 0. The van der Waals surface area contributed by atoms with Crippen LogP contribution < -0.4 is 5.32 Å². The molecule has 1 aliphatic heterocycles. The molecule has 94 valence electrons. The lowest BCUT2D eigenvalue weighted by Crippen LogP contribution is -2.38. The Morgan fingerprint density at radius 3 is 2.56 bits per heavy atom. The molecule has 1 amide bonds. The van der Waals surface area contributed by atoms with Gasteiger partial charge in [0.2, 0.25) is 5.91 Å². The average molecular weight is 226 g/mol. The number of hydrogen-bond acceptors (Lipinski definition) is 2. The molecule has 3 heteroatoms. The Labute approximate surface area is 99.6 Å². The first-order valence-corrected chi connectivity index (χ1v) is 6.62. The lowest BCUT2D eigenvalue weighted by Gasteiger charge is -2.31. The normalized spacial score (nSPS) is 19.8. The van der Waals surface area contributed by atoms with Gasteiger partial charge < -0.3 is 10.2 Å². The summed E-state index contributed by atoms with van der Waals surface area (Å²) in [6.45, 7) is 9.17. The summed E-state index contributed by atoms with van der Waals surface area (Å²) in [4.78, 5) is 13.1. The SMILES string of the molecule is CCC(C)NCCC1CCN(C(C)=O)CC1. The third-order valence-corrected chi connectivity index (χ3v) is 3.72. The quantitative estimate of drug-likeness (QED) is 0.778. The molecule has 0 bridgehead atoms. The van der Waals surface area contributed by atoms with E-state index < -0.39 is 0 Å². The molecule has 1 unspecified atom stereocenters. The molecule has 1 rings (SSSR count). The Morgan fingerprint density at radius 1 is 1.44 bits per heavy atom. The molecule has 0 aromatic carbocycles. The van der Waals surface area contributed by atoms with Gasteiger partial charge in [0.05, 0.1) is 0 Å². The number of rotatable bonds is 5. The Kier molecular flexibility index (Phi) is 5.81. The number of carbonyl (C=O) groups is 1. The van der Waals surface area contributed by atoms with Crippen LogP contribution in [0.25, 0.3) is 0 Å². The summed E-state index contributed by atoms with van der Waals surface area (Å²) in [7, 11) is 0. The highest BCUT2D eigenvalue weighted by molar-refractivity contribution is 5.73. The molecule has 0 aromatic rings. The summed E-state index contributed by atoms with van der Waals surface area (Å²) >= 11 is 0. The summed E-state index contributed by atoms with van der Waals surface area (Å²) in [6.07, 6.45) is 4.82. The van der Waals surface area contributed by atoms with Crippen molar-refractivity contribution in [2.45, 2.75) is 52.5 Å². The van der Waals surface area contributed by atoms with Crippen LogP contribution >= 0.6 is 0 Å². The minimum absolute atomic E-state index is 0.233. The van der Waals surface area contributed by atoms with E-state index in [2.05, 4.69) is 19.2 Å². The molecule has 1 saturated heterocycles. The molecule has 1 atom stereocenters. The number of nitrogens with one attached hydrogen (secondary N) is 1. The molecule has 0 spiro atoms. The van der Waals surface area contributed by atoms with Gasteiger partial charge in [-0.25, -0.2) is 0 Å². The molecule has 1 heterocycles. The second kappa shape index (κ2) is 6.89. The number of nitrogens with zero attached hydrogens (tertiary/aromatic N) is 1. The Bertz CT molecular complexity index is 210. The minimum atomic E-state index is 0.233. The second-order valence-electron chi connectivity index (χ2n) is 5.00. The van der Waals surface area contributed by atoms with Crippen molar-refractivity contribution in [1.29, 1.82) is 0 Å². The van der Waals surface area contributed by atoms with Gasteiger partial charge in [-0.2, -0.15) is 0 Å². The Morgan fingerprint density at radius 2 is 2.06 bits per heavy atom. The van der Waals surface area contributed by atoms with Crippen molar-refractivity contribution in [1.82, 2.24) is 10.2 Å². The molecule has 0 aliphatic carbocycles. The predicted molar refractivity (Wildman–Crippen MR) is 67.4 cm³/mol. The fourth-order valence-electron chi connectivity index (χ4n) is 2.21. The number of carbonyl (C=O) groups excluding carboxylic acids is 1. The van der Waals surface area contributed by atoms with Crippen molar-refractivity contribution in [3.63, 3.8) is 0 Å². The highest BCUT2D eigenvalue weighted by atomic mass is 16.2. The standard InChI is InChI=1S/C13H26N2O/c1-4-11(2)14-8-5-13-6-9-15(10-7-13)12(3)16/h11,13-14H,4-10H2,1-3H3. The van der Waals surface area contributed by atoms with Gasteiger partial charge in [0.15, 0.2) is 0 Å². The van der Waals surface area contributed by atoms with Crippen molar-refractivity contribution in [3.05, 3.63) is 0 Å². The van der Waals surface area contributed by atoms with Crippen molar-refractivity contribution >= 4 is 5.91 Å². The molecule has 16 heavy (non-hydrogen) atoms. The lowest BCUT2D eigenvalue weighted by atomic mass is 9.93. The zero-order valence-electron chi connectivity index (χ0n) is 11.0. The van der Waals surface area contributed by atoms with Crippen LogP contribution in [0.15, 0.2) is 0 Å². The first-order chi connectivity index (χ1) is 7.63. The molecule has 0 radical (unpaired) electrons. The van der Waals surface area contributed by atoms with E-state index in [1.165, 1.54) is 25.7 Å². The van der Waals surface area contributed by atoms with Crippen LogP contribution in [0.5, 0.6) is 0 Å². The average Bonchev–Trinajstić information content (AvgIpc) is 2.29. The van der Waals surface area contributed by atoms with E-state index in [0.717, 1.165) is 25.6 Å². The van der Waals surface area contributed by atoms with E-state index in [4.69, 9.17) is 0 Å². The summed E-state index contributed by atoms with van der Waals surface area (Å²) in [6, 6.07) is 0.636. The fraction of sp³-hybridized carbons (Fsp3) is 0.923. The molecule has 0 aromatic heterocycles.